The lowest BCUT2D eigenvalue weighted by molar-refractivity contribution is 0.00551. The first-order valence-corrected chi connectivity index (χ1v) is 10.5. The molecular formula is C18H28N2O4S. The van der Waals surface area contributed by atoms with E-state index in [-0.39, 0.29) is 12.1 Å². The van der Waals surface area contributed by atoms with Gasteiger partial charge >= 0.3 is 6.03 Å². The highest BCUT2D eigenvalue weighted by Gasteiger charge is 2.27. The molecule has 1 atom stereocenters. The number of benzene rings is 1. The summed E-state index contributed by atoms with van der Waals surface area (Å²) < 4.78 is 29.2. The molecule has 140 valence electrons. The summed E-state index contributed by atoms with van der Waals surface area (Å²) in [5, 5.41) is 2.91. The van der Waals surface area contributed by atoms with Crippen LogP contribution in [0, 0.1) is 12.8 Å². The molecule has 0 radical (unpaired) electrons. The Morgan fingerprint density at radius 3 is 2.76 bits per heavy atom. The van der Waals surface area contributed by atoms with Crippen LogP contribution in [0.25, 0.3) is 0 Å². The van der Waals surface area contributed by atoms with Gasteiger partial charge in [-0.15, -0.1) is 0 Å². The molecule has 1 saturated heterocycles. The Morgan fingerprint density at radius 1 is 1.40 bits per heavy atom. The summed E-state index contributed by atoms with van der Waals surface area (Å²) in [5.41, 5.74) is 1.48. The van der Waals surface area contributed by atoms with Gasteiger partial charge in [0.15, 0.2) is 9.84 Å². The van der Waals surface area contributed by atoms with Crippen LogP contribution in [0.15, 0.2) is 23.1 Å². The van der Waals surface area contributed by atoms with Gasteiger partial charge in [0.25, 0.3) is 0 Å². The molecule has 1 aliphatic rings. The molecule has 1 unspecified atom stereocenters. The van der Waals surface area contributed by atoms with Gasteiger partial charge in [0.1, 0.15) is 0 Å². The molecule has 0 aliphatic carbocycles. The van der Waals surface area contributed by atoms with Crippen molar-refractivity contribution >= 4 is 15.9 Å². The van der Waals surface area contributed by atoms with Gasteiger partial charge in [0, 0.05) is 19.3 Å². The maximum absolute atomic E-state index is 12.6. The number of hydrogen-bond acceptors (Lipinski definition) is 4. The third-order valence-corrected chi connectivity index (χ3v) is 5.57. The van der Waals surface area contributed by atoms with E-state index in [1.165, 1.54) is 6.26 Å². The molecule has 2 rings (SSSR count). The zero-order valence-corrected chi connectivity index (χ0v) is 16.2. The molecule has 0 bridgehead atoms. The van der Waals surface area contributed by atoms with E-state index < -0.39 is 9.84 Å². The molecule has 1 aliphatic heterocycles. The predicted octanol–water partition coefficient (Wildman–Crippen LogP) is 2.36. The second kappa shape index (κ2) is 8.19. The Bertz CT molecular complexity index is 716. The molecule has 25 heavy (non-hydrogen) atoms. The number of carbonyl (C=O) groups excluding carboxylic acids is 1. The SMILES string of the molecule is Cc1ccc(CNC(=O)N2CCOCC2CC(C)C)cc1S(C)(=O)=O. The number of sulfone groups is 1. The number of aryl methyl sites for hydroxylation is 1. The van der Waals surface area contributed by atoms with E-state index in [0.29, 0.717) is 42.7 Å². The summed E-state index contributed by atoms with van der Waals surface area (Å²) in [5.74, 6) is 0.483. The Balaban J connectivity index is 2.04. The second-order valence-corrected chi connectivity index (χ2v) is 9.07. The van der Waals surface area contributed by atoms with Gasteiger partial charge in [-0.25, -0.2) is 13.2 Å². The number of morpholine rings is 1. The molecule has 7 heteroatoms. The number of urea groups is 1. The summed E-state index contributed by atoms with van der Waals surface area (Å²) in [6, 6.07) is 5.20. The van der Waals surface area contributed by atoms with E-state index >= 15 is 0 Å². The topological polar surface area (TPSA) is 75.7 Å². The van der Waals surface area contributed by atoms with Crippen molar-refractivity contribution in [2.24, 2.45) is 5.92 Å². The lowest BCUT2D eigenvalue weighted by Crippen LogP contribution is -2.52. The Hall–Kier alpha value is -1.60. The summed E-state index contributed by atoms with van der Waals surface area (Å²) in [7, 11) is -3.28. The fraction of sp³-hybridized carbons (Fsp3) is 0.611. The third kappa shape index (κ3) is 5.44. The van der Waals surface area contributed by atoms with Crippen LogP contribution in [0.4, 0.5) is 4.79 Å². The minimum Gasteiger partial charge on any atom is -0.377 e. The number of nitrogens with zero attached hydrogens (tertiary/aromatic N) is 1. The zero-order chi connectivity index (χ0) is 18.6. The normalized spacial score (nSPS) is 18.4. The van der Waals surface area contributed by atoms with Gasteiger partial charge < -0.3 is 15.0 Å². The summed E-state index contributed by atoms with van der Waals surface area (Å²) in [6.45, 7) is 8.01. The van der Waals surface area contributed by atoms with Crippen molar-refractivity contribution < 1.29 is 17.9 Å². The number of ether oxygens (including phenoxy) is 1. The number of rotatable bonds is 5. The van der Waals surface area contributed by atoms with Crippen LogP contribution < -0.4 is 5.32 Å². The zero-order valence-electron chi connectivity index (χ0n) is 15.4. The van der Waals surface area contributed by atoms with Crippen molar-refractivity contribution in [2.45, 2.75) is 44.7 Å². The average Bonchev–Trinajstić information content (AvgIpc) is 2.52. The molecule has 0 saturated carbocycles. The molecule has 1 N–H and O–H groups in total. The molecule has 2 amide bonds. The fourth-order valence-corrected chi connectivity index (χ4v) is 4.11. The smallest absolute Gasteiger partial charge is 0.318 e. The Morgan fingerprint density at radius 2 is 2.12 bits per heavy atom. The van der Waals surface area contributed by atoms with Crippen LogP contribution in [-0.4, -0.2) is 51.4 Å². The highest BCUT2D eigenvalue weighted by molar-refractivity contribution is 7.90. The first-order valence-electron chi connectivity index (χ1n) is 8.60. The highest BCUT2D eigenvalue weighted by atomic mass is 32.2. The van der Waals surface area contributed by atoms with E-state index in [9.17, 15) is 13.2 Å². The van der Waals surface area contributed by atoms with E-state index in [0.717, 1.165) is 12.0 Å². The lowest BCUT2D eigenvalue weighted by Gasteiger charge is -2.36. The van der Waals surface area contributed by atoms with Crippen molar-refractivity contribution in [3.8, 4) is 0 Å². The van der Waals surface area contributed by atoms with Crippen molar-refractivity contribution in [3.05, 3.63) is 29.3 Å². The first kappa shape index (κ1) is 19.7. The first-order chi connectivity index (χ1) is 11.7. The monoisotopic (exact) mass is 368 g/mol. The van der Waals surface area contributed by atoms with Gasteiger partial charge in [0.2, 0.25) is 0 Å². The lowest BCUT2D eigenvalue weighted by atomic mass is 10.0. The quantitative estimate of drug-likeness (QED) is 0.866. The summed E-state index contributed by atoms with van der Waals surface area (Å²) >= 11 is 0. The second-order valence-electron chi connectivity index (χ2n) is 7.08. The van der Waals surface area contributed by atoms with Crippen LogP contribution in [0.1, 0.15) is 31.4 Å². The minimum absolute atomic E-state index is 0.0818. The van der Waals surface area contributed by atoms with Gasteiger partial charge in [0.05, 0.1) is 24.2 Å². The van der Waals surface area contributed by atoms with Crippen LogP contribution in [0.5, 0.6) is 0 Å². The number of carbonyl (C=O) groups is 1. The third-order valence-electron chi connectivity index (χ3n) is 4.33. The van der Waals surface area contributed by atoms with E-state index in [1.54, 1.807) is 19.1 Å². The van der Waals surface area contributed by atoms with Crippen molar-refractivity contribution in [1.29, 1.82) is 0 Å². The van der Waals surface area contributed by atoms with Crippen LogP contribution in [0.2, 0.25) is 0 Å². The maximum atomic E-state index is 12.6. The molecule has 1 fully saturated rings. The van der Waals surface area contributed by atoms with E-state index in [4.69, 9.17) is 4.74 Å². The summed E-state index contributed by atoms with van der Waals surface area (Å²) in [4.78, 5) is 14.7. The molecule has 6 nitrogen and oxygen atoms in total. The predicted molar refractivity (Wildman–Crippen MR) is 97.3 cm³/mol. The molecule has 1 heterocycles. The average molecular weight is 368 g/mol. The molecular weight excluding hydrogens is 340 g/mol. The number of amides is 2. The van der Waals surface area contributed by atoms with Crippen molar-refractivity contribution in [1.82, 2.24) is 10.2 Å². The van der Waals surface area contributed by atoms with Crippen LogP contribution in [-0.2, 0) is 21.1 Å². The van der Waals surface area contributed by atoms with Crippen molar-refractivity contribution in [2.75, 3.05) is 26.0 Å². The maximum Gasteiger partial charge on any atom is 0.318 e. The standard InChI is InChI=1S/C18H28N2O4S/c1-13(2)9-16-12-24-8-7-20(16)18(21)19-11-15-6-5-14(3)17(10-15)25(4,22)23/h5-6,10,13,16H,7-9,11-12H2,1-4H3,(H,19,21). The van der Waals surface area contributed by atoms with Crippen LogP contribution in [0.3, 0.4) is 0 Å². The van der Waals surface area contributed by atoms with Gasteiger partial charge in [-0.1, -0.05) is 26.0 Å². The Kier molecular flexibility index (Phi) is 6.46. The van der Waals surface area contributed by atoms with Gasteiger partial charge in [-0.2, -0.15) is 0 Å². The molecule has 1 aromatic carbocycles. The molecule has 0 spiro atoms. The van der Waals surface area contributed by atoms with Crippen LogP contribution >= 0.6 is 0 Å². The summed E-state index contributed by atoms with van der Waals surface area (Å²) in [6.07, 6.45) is 2.10. The van der Waals surface area contributed by atoms with E-state index in [2.05, 4.69) is 19.2 Å². The number of nitrogens with one attached hydrogen (secondary N) is 1. The van der Waals surface area contributed by atoms with Gasteiger partial charge in [-0.3, -0.25) is 0 Å². The Labute approximate surface area is 150 Å². The molecule has 0 aromatic heterocycles. The largest absolute Gasteiger partial charge is 0.377 e. The van der Waals surface area contributed by atoms with Crippen molar-refractivity contribution in [3.63, 3.8) is 0 Å². The fourth-order valence-electron chi connectivity index (χ4n) is 3.09. The van der Waals surface area contributed by atoms with E-state index in [1.807, 2.05) is 11.0 Å². The van der Waals surface area contributed by atoms with Gasteiger partial charge in [-0.05, 0) is 36.5 Å². The minimum atomic E-state index is -3.28. The molecule has 1 aromatic rings. The highest BCUT2D eigenvalue weighted by Crippen LogP contribution is 2.18. The number of hydrogen-bond donors (Lipinski definition) is 1.